The SMILES string of the molecule is Fc1nc2ncnc-2cn1N1CCN(c2ccccn2)CC1. The van der Waals surface area contributed by atoms with Crippen LogP contribution in [-0.4, -0.2) is 50.8 Å². The zero-order valence-electron chi connectivity index (χ0n) is 11.8. The lowest BCUT2D eigenvalue weighted by molar-refractivity contribution is 0.410. The van der Waals surface area contributed by atoms with Crippen LogP contribution in [0.5, 0.6) is 0 Å². The lowest BCUT2D eigenvalue weighted by atomic mass is 10.3. The van der Waals surface area contributed by atoms with Gasteiger partial charge < -0.3 is 9.91 Å². The zero-order chi connectivity index (χ0) is 14.9. The third-order valence-electron chi connectivity index (χ3n) is 3.77. The summed E-state index contributed by atoms with van der Waals surface area (Å²) >= 11 is 0. The molecule has 4 rings (SSSR count). The second-order valence-corrected chi connectivity index (χ2v) is 5.07. The van der Waals surface area contributed by atoms with Gasteiger partial charge in [0.15, 0.2) is 5.82 Å². The highest BCUT2D eigenvalue weighted by molar-refractivity contribution is 5.48. The molecule has 7 nitrogen and oxygen atoms in total. The Labute approximate surface area is 126 Å². The Balaban J connectivity index is 1.53. The molecule has 8 heteroatoms. The number of fused-ring (bicyclic) bond motifs is 1. The van der Waals surface area contributed by atoms with Crippen LogP contribution in [0.2, 0.25) is 0 Å². The summed E-state index contributed by atoms with van der Waals surface area (Å²) in [7, 11) is 0. The normalized spacial score (nSPS) is 15.5. The average molecular weight is 299 g/mol. The molecule has 0 unspecified atom stereocenters. The van der Waals surface area contributed by atoms with E-state index in [1.54, 1.807) is 12.4 Å². The van der Waals surface area contributed by atoms with E-state index in [0.717, 1.165) is 18.9 Å². The second-order valence-electron chi connectivity index (χ2n) is 5.07. The van der Waals surface area contributed by atoms with Crippen LogP contribution in [-0.2, 0) is 0 Å². The van der Waals surface area contributed by atoms with Crippen molar-refractivity contribution in [3.8, 4) is 11.5 Å². The van der Waals surface area contributed by atoms with Crippen LogP contribution >= 0.6 is 0 Å². The molecule has 0 atom stereocenters. The number of halogens is 1. The molecule has 22 heavy (non-hydrogen) atoms. The fourth-order valence-corrected chi connectivity index (χ4v) is 2.63. The monoisotopic (exact) mass is 299 g/mol. The molecule has 0 aliphatic carbocycles. The molecule has 4 heterocycles. The second kappa shape index (κ2) is 5.21. The first-order chi connectivity index (χ1) is 10.8. The van der Waals surface area contributed by atoms with Gasteiger partial charge in [-0.1, -0.05) is 6.07 Å². The molecule has 1 fully saturated rings. The molecule has 0 amide bonds. The highest BCUT2D eigenvalue weighted by Crippen LogP contribution is 2.16. The number of nitrogens with zero attached hydrogens (tertiary/aromatic N) is 7. The molecule has 3 aliphatic heterocycles. The van der Waals surface area contributed by atoms with E-state index >= 15 is 0 Å². The van der Waals surface area contributed by atoms with Gasteiger partial charge in [-0.25, -0.2) is 19.6 Å². The molecule has 1 aromatic rings. The standard InChI is InChI=1S/C14H14FN7/c15-14-19-13-11(17-10-18-13)9-22(14)21-7-5-20(6-8-21)12-3-1-2-4-16-12/h1-4,9-10H,5-8H2. The average Bonchev–Trinajstić information content (AvgIpc) is 3.02. The fraction of sp³-hybridized carbons (Fsp3) is 0.286. The zero-order valence-corrected chi connectivity index (χ0v) is 11.8. The van der Waals surface area contributed by atoms with E-state index in [-0.39, 0.29) is 0 Å². The van der Waals surface area contributed by atoms with Gasteiger partial charge >= 0.3 is 6.08 Å². The number of aromatic nitrogens is 5. The maximum atomic E-state index is 14.1. The van der Waals surface area contributed by atoms with E-state index in [9.17, 15) is 4.39 Å². The van der Waals surface area contributed by atoms with Crippen molar-refractivity contribution in [3.05, 3.63) is 43.0 Å². The molecule has 0 radical (unpaired) electrons. The summed E-state index contributed by atoms with van der Waals surface area (Å²) in [6.45, 7) is 2.90. The molecule has 0 spiro atoms. The van der Waals surface area contributed by atoms with Crippen molar-refractivity contribution in [2.24, 2.45) is 0 Å². The van der Waals surface area contributed by atoms with Crippen LogP contribution in [0.15, 0.2) is 36.9 Å². The largest absolute Gasteiger partial charge is 0.353 e. The Bertz CT molecular complexity index is 736. The highest BCUT2D eigenvalue weighted by atomic mass is 19.1. The summed E-state index contributed by atoms with van der Waals surface area (Å²) in [6.07, 6.45) is 4.24. The lowest BCUT2D eigenvalue weighted by Crippen LogP contribution is -2.52. The molecule has 3 aliphatic rings. The summed E-state index contributed by atoms with van der Waals surface area (Å²) in [4.78, 5) is 18.4. The van der Waals surface area contributed by atoms with E-state index < -0.39 is 6.08 Å². The fourth-order valence-electron chi connectivity index (χ4n) is 2.63. The molecule has 0 aromatic carbocycles. The first-order valence-corrected chi connectivity index (χ1v) is 7.08. The van der Waals surface area contributed by atoms with Crippen LogP contribution < -0.4 is 9.91 Å². The highest BCUT2D eigenvalue weighted by Gasteiger charge is 2.21. The minimum atomic E-state index is -0.570. The summed E-state index contributed by atoms with van der Waals surface area (Å²) < 4.78 is 15.5. The Morgan fingerprint density at radius 2 is 1.86 bits per heavy atom. The number of hydrogen-bond acceptors (Lipinski definition) is 6. The van der Waals surface area contributed by atoms with Crippen molar-refractivity contribution in [1.29, 1.82) is 0 Å². The number of hydrogen-bond donors (Lipinski definition) is 0. The third kappa shape index (κ3) is 2.22. The summed E-state index contributed by atoms with van der Waals surface area (Å²) in [5.74, 6) is 1.28. The number of anilines is 1. The van der Waals surface area contributed by atoms with Crippen LogP contribution in [0, 0.1) is 6.08 Å². The predicted molar refractivity (Wildman–Crippen MR) is 78.8 cm³/mol. The van der Waals surface area contributed by atoms with Gasteiger partial charge in [0, 0.05) is 19.3 Å². The van der Waals surface area contributed by atoms with Crippen molar-refractivity contribution in [2.75, 3.05) is 36.1 Å². The van der Waals surface area contributed by atoms with Crippen molar-refractivity contribution in [2.45, 2.75) is 0 Å². The summed E-state index contributed by atoms with van der Waals surface area (Å²) in [5.41, 5.74) is 0.591. The molecule has 0 N–H and O–H groups in total. The smallest absolute Gasteiger partial charge is 0.310 e. The Morgan fingerprint density at radius 1 is 1.00 bits per heavy atom. The van der Waals surface area contributed by atoms with Gasteiger partial charge in [-0.05, 0) is 12.1 Å². The molecular weight excluding hydrogens is 285 g/mol. The minimum absolute atomic E-state index is 0.334. The molecule has 112 valence electrons. The molecule has 1 aromatic heterocycles. The van der Waals surface area contributed by atoms with Crippen LogP contribution in [0.3, 0.4) is 0 Å². The van der Waals surface area contributed by atoms with Crippen molar-refractivity contribution < 1.29 is 4.39 Å². The maximum Gasteiger partial charge on any atom is 0.310 e. The number of rotatable bonds is 2. The van der Waals surface area contributed by atoms with Gasteiger partial charge in [0.2, 0.25) is 0 Å². The van der Waals surface area contributed by atoms with E-state index in [0.29, 0.717) is 24.6 Å². The van der Waals surface area contributed by atoms with Gasteiger partial charge in [0.1, 0.15) is 17.8 Å². The lowest BCUT2D eigenvalue weighted by Gasteiger charge is -2.37. The topological polar surface area (TPSA) is 63.0 Å². The van der Waals surface area contributed by atoms with Gasteiger partial charge in [-0.15, -0.1) is 0 Å². The van der Waals surface area contributed by atoms with E-state index in [1.165, 1.54) is 11.0 Å². The third-order valence-corrected chi connectivity index (χ3v) is 3.77. The Morgan fingerprint density at radius 3 is 2.64 bits per heavy atom. The van der Waals surface area contributed by atoms with Crippen LogP contribution in [0.25, 0.3) is 11.5 Å². The first-order valence-electron chi connectivity index (χ1n) is 7.08. The van der Waals surface area contributed by atoms with Gasteiger partial charge in [0.05, 0.1) is 19.3 Å². The first kappa shape index (κ1) is 12.9. The van der Waals surface area contributed by atoms with Crippen molar-refractivity contribution >= 4 is 5.82 Å². The molecule has 0 bridgehead atoms. The maximum absolute atomic E-state index is 14.1. The van der Waals surface area contributed by atoms with E-state index in [2.05, 4.69) is 24.8 Å². The quantitative estimate of drug-likeness (QED) is 0.651. The summed E-state index contributed by atoms with van der Waals surface area (Å²) in [6, 6.07) is 5.85. The Kier molecular flexibility index (Phi) is 3.06. The molecule has 0 saturated carbocycles. The van der Waals surface area contributed by atoms with Crippen molar-refractivity contribution in [3.63, 3.8) is 0 Å². The summed E-state index contributed by atoms with van der Waals surface area (Å²) in [5, 5.41) is 1.91. The van der Waals surface area contributed by atoms with E-state index in [4.69, 9.17) is 0 Å². The van der Waals surface area contributed by atoms with Crippen molar-refractivity contribution in [1.82, 2.24) is 24.6 Å². The van der Waals surface area contributed by atoms with Crippen LogP contribution in [0.1, 0.15) is 0 Å². The van der Waals surface area contributed by atoms with Crippen LogP contribution in [0.4, 0.5) is 10.2 Å². The van der Waals surface area contributed by atoms with Gasteiger partial charge in [-0.3, -0.25) is 0 Å². The Hall–Kier alpha value is -2.77. The van der Waals surface area contributed by atoms with Gasteiger partial charge in [0.25, 0.3) is 0 Å². The van der Waals surface area contributed by atoms with Gasteiger partial charge in [-0.2, -0.15) is 9.37 Å². The molecule has 1 saturated heterocycles. The predicted octanol–water partition coefficient (Wildman–Crippen LogP) is 0.770. The number of piperazine rings is 1. The number of pyridine rings is 1. The molecular formula is C14H14FN7. The minimum Gasteiger partial charge on any atom is -0.353 e. The number of imidazole rings is 1. The van der Waals surface area contributed by atoms with E-state index in [1.807, 2.05) is 23.2 Å².